The summed E-state index contributed by atoms with van der Waals surface area (Å²) in [5.74, 6) is 0.380. The van der Waals surface area contributed by atoms with Gasteiger partial charge in [-0.05, 0) is 36.4 Å². The molecule has 0 unspecified atom stereocenters. The minimum atomic E-state index is 0.0560. The predicted molar refractivity (Wildman–Crippen MR) is 139 cm³/mol. The predicted octanol–water partition coefficient (Wildman–Crippen LogP) is 5.66. The smallest absolute Gasteiger partial charge is 0.242 e. The van der Waals surface area contributed by atoms with Crippen LogP contribution in [0.25, 0.3) is 0 Å². The highest BCUT2D eigenvalue weighted by atomic mass is 32.2. The molecule has 5 rings (SSSR count). The number of nitrogens with zero attached hydrogens (tertiary/aromatic N) is 3. The normalized spacial score (nSPS) is 15.2. The van der Waals surface area contributed by atoms with Gasteiger partial charge in [0.05, 0.1) is 17.1 Å². The first-order chi connectivity index (χ1) is 15.7. The molecule has 7 heteroatoms. The topological polar surface area (TPSA) is 26.8 Å². The lowest BCUT2D eigenvalue weighted by Crippen LogP contribution is -2.47. The fourth-order valence-electron chi connectivity index (χ4n) is 4.04. The molecule has 0 atom stereocenters. The van der Waals surface area contributed by atoms with E-state index in [4.69, 9.17) is 12.2 Å². The number of anilines is 3. The van der Waals surface area contributed by atoms with E-state index in [-0.39, 0.29) is 5.91 Å². The molecule has 2 aliphatic heterocycles. The highest BCUT2D eigenvalue weighted by molar-refractivity contribution is 8.23. The van der Waals surface area contributed by atoms with Gasteiger partial charge in [-0.1, -0.05) is 78.2 Å². The number of thioether (sulfide) groups is 1. The Labute approximate surface area is 202 Å². The lowest BCUT2D eigenvalue weighted by molar-refractivity contribution is -0.115. The Kier molecular flexibility index (Phi) is 6.39. The van der Waals surface area contributed by atoms with E-state index in [1.54, 1.807) is 11.8 Å². The van der Waals surface area contributed by atoms with Crippen LogP contribution >= 0.6 is 35.7 Å². The van der Waals surface area contributed by atoms with E-state index in [2.05, 4.69) is 46.2 Å². The molecule has 1 saturated heterocycles. The number of para-hydroxylation sites is 3. The summed E-state index contributed by atoms with van der Waals surface area (Å²) in [6.45, 7) is 3.62. The summed E-state index contributed by atoms with van der Waals surface area (Å²) in [6.07, 6.45) is 0. The van der Waals surface area contributed by atoms with Gasteiger partial charge in [0.25, 0.3) is 0 Å². The van der Waals surface area contributed by atoms with Crippen molar-refractivity contribution in [3.63, 3.8) is 0 Å². The van der Waals surface area contributed by atoms with Crippen LogP contribution in [-0.2, 0) is 4.79 Å². The van der Waals surface area contributed by atoms with Crippen molar-refractivity contribution in [1.29, 1.82) is 0 Å². The molecule has 3 aromatic rings. The summed E-state index contributed by atoms with van der Waals surface area (Å²) in [5.41, 5.74) is 3.15. The monoisotopic (exact) mass is 477 g/mol. The quantitative estimate of drug-likeness (QED) is 0.452. The number of carbonyl (C=O) groups is 1. The first kappa shape index (κ1) is 21.4. The fraction of sp³-hybridized carbons (Fsp3) is 0.200. The molecule has 4 nitrogen and oxygen atoms in total. The van der Waals surface area contributed by atoms with E-state index >= 15 is 0 Å². The van der Waals surface area contributed by atoms with Crippen molar-refractivity contribution in [2.75, 3.05) is 41.7 Å². The molecule has 2 aliphatic rings. The molecule has 0 spiro atoms. The Balaban J connectivity index is 1.23. The Morgan fingerprint density at radius 2 is 1.38 bits per heavy atom. The van der Waals surface area contributed by atoms with Crippen molar-refractivity contribution >= 4 is 63.0 Å². The third-order valence-corrected chi connectivity index (χ3v) is 8.30. The van der Waals surface area contributed by atoms with E-state index in [1.807, 2.05) is 47.4 Å². The second-order valence-corrected chi connectivity index (χ2v) is 10.3. The molecule has 0 aromatic heterocycles. The largest absolute Gasteiger partial charge is 0.368 e. The zero-order valence-electron chi connectivity index (χ0n) is 17.5. The summed E-state index contributed by atoms with van der Waals surface area (Å²) in [7, 11) is 0. The molecule has 32 heavy (non-hydrogen) atoms. The van der Waals surface area contributed by atoms with E-state index in [0.29, 0.717) is 5.75 Å². The van der Waals surface area contributed by atoms with Gasteiger partial charge >= 0.3 is 0 Å². The molecule has 1 fully saturated rings. The number of hydrogen-bond acceptors (Lipinski definition) is 5. The van der Waals surface area contributed by atoms with Crippen LogP contribution in [0.5, 0.6) is 0 Å². The number of benzene rings is 3. The molecule has 3 aromatic carbocycles. The SMILES string of the molecule is O=C(CSC(=S)N1CCN(c2ccccc2)CC1)N1c2ccccc2Sc2ccccc21. The molecule has 0 bridgehead atoms. The zero-order chi connectivity index (χ0) is 21.9. The standard InChI is InChI=1S/C25H23N3OS3/c29-24(28-20-10-4-6-12-22(20)32-23-13-7-5-11-21(23)28)18-31-25(30)27-16-14-26(15-17-27)19-8-2-1-3-9-19/h1-13H,14-18H2. The summed E-state index contributed by atoms with van der Waals surface area (Å²) in [6, 6.07) is 26.6. The van der Waals surface area contributed by atoms with Crippen LogP contribution < -0.4 is 9.80 Å². The molecular formula is C25H23N3OS3. The van der Waals surface area contributed by atoms with Crippen LogP contribution in [0, 0.1) is 0 Å². The average Bonchev–Trinajstić information content (AvgIpc) is 2.86. The first-order valence-electron chi connectivity index (χ1n) is 10.6. The van der Waals surface area contributed by atoms with Crippen LogP contribution in [0.15, 0.2) is 88.7 Å². The van der Waals surface area contributed by atoms with Crippen molar-refractivity contribution in [2.45, 2.75) is 9.79 Å². The molecule has 2 heterocycles. The van der Waals surface area contributed by atoms with E-state index in [1.165, 1.54) is 17.4 Å². The Morgan fingerprint density at radius 1 is 0.812 bits per heavy atom. The lowest BCUT2D eigenvalue weighted by Gasteiger charge is -2.37. The average molecular weight is 478 g/mol. The minimum Gasteiger partial charge on any atom is -0.368 e. The molecule has 1 amide bonds. The van der Waals surface area contributed by atoms with Gasteiger partial charge in [-0.2, -0.15) is 0 Å². The molecule has 0 aliphatic carbocycles. The van der Waals surface area contributed by atoms with Crippen molar-refractivity contribution < 1.29 is 4.79 Å². The zero-order valence-corrected chi connectivity index (χ0v) is 20.0. The highest BCUT2D eigenvalue weighted by Crippen LogP contribution is 2.48. The lowest BCUT2D eigenvalue weighted by atomic mass is 10.2. The van der Waals surface area contributed by atoms with Crippen LogP contribution in [-0.4, -0.2) is 47.1 Å². The third kappa shape index (κ3) is 4.37. The summed E-state index contributed by atoms with van der Waals surface area (Å²) in [4.78, 5) is 22.0. The summed E-state index contributed by atoms with van der Waals surface area (Å²) < 4.78 is 0.805. The number of rotatable bonds is 3. The number of amides is 1. The van der Waals surface area contributed by atoms with Gasteiger partial charge < -0.3 is 9.80 Å². The van der Waals surface area contributed by atoms with E-state index in [0.717, 1.165) is 51.7 Å². The highest BCUT2D eigenvalue weighted by Gasteiger charge is 2.28. The minimum absolute atomic E-state index is 0.0560. The maximum atomic E-state index is 13.4. The van der Waals surface area contributed by atoms with Crippen molar-refractivity contribution in [3.8, 4) is 0 Å². The molecule has 0 radical (unpaired) electrons. The summed E-state index contributed by atoms with van der Waals surface area (Å²) in [5, 5.41) is 0. The van der Waals surface area contributed by atoms with E-state index in [9.17, 15) is 4.79 Å². The van der Waals surface area contributed by atoms with Gasteiger partial charge in [-0.3, -0.25) is 9.69 Å². The maximum absolute atomic E-state index is 13.4. The van der Waals surface area contributed by atoms with Gasteiger partial charge in [-0.15, -0.1) is 0 Å². The second kappa shape index (κ2) is 9.57. The van der Waals surface area contributed by atoms with Gasteiger partial charge in [0, 0.05) is 41.7 Å². The molecule has 0 saturated carbocycles. The van der Waals surface area contributed by atoms with Crippen molar-refractivity contribution in [3.05, 3.63) is 78.9 Å². The van der Waals surface area contributed by atoms with Gasteiger partial charge in [0.15, 0.2) is 0 Å². The summed E-state index contributed by atoms with van der Waals surface area (Å²) >= 11 is 8.88. The molecule has 162 valence electrons. The van der Waals surface area contributed by atoms with Gasteiger partial charge in [-0.25, -0.2) is 0 Å². The van der Waals surface area contributed by atoms with Gasteiger partial charge in [0.2, 0.25) is 5.91 Å². The number of carbonyl (C=O) groups excluding carboxylic acids is 1. The third-order valence-electron chi connectivity index (χ3n) is 5.66. The number of thiocarbonyl (C=S) groups is 1. The first-order valence-corrected chi connectivity index (χ1v) is 12.8. The van der Waals surface area contributed by atoms with Crippen molar-refractivity contribution in [1.82, 2.24) is 4.90 Å². The number of piperazine rings is 1. The van der Waals surface area contributed by atoms with Crippen LogP contribution in [0.1, 0.15) is 0 Å². The Morgan fingerprint density at radius 3 is 2.00 bits per heavy atom. The van der Waals surface area contributed by atoms with E-state index < -0.39 is 0 Å². The Bertz CT molecular complexity index is 1080. The number of fused-ring (bicyclic) bond motifs is 2. The molecular weight excluding hydrogens is 454 g/mol. The fourth-order valence-corrected chi connectivity index (χ4v) is 6.20. The number of hydrogen-bond donors (Lipinski definition) is 0. The van der Waals surface area contributed by atoms with Crippen LogP contribution in [0.3, 0.4) is 0 Å². The maximum Gasteiger partial charge on any atom is 0.242 e. The van der Waals surface area contributed by atoms with Crippen LogP contribution in [0.4, 0.5) is 17.1 Å². The van der Waals surface area contributed by atoms with Crippen LogP contribution in [0.2, 0.25) is 0 Å². The second-order valence-electron chi connectivity index (χ2n) is 7.63. The van der Waals surface area contributed by atoms with Gasteiger partial charge in [0.1, 0.15) is 4.32 Å². The molecule has 0 N–H and O–H groups in total. The van der Waals surface area contributed by atoms with Crippen molar-refractivity contribution in [2.24, 2.45) is 0 Å². The Hall–Kier alpha value is -2.48.